The Morgan fingerprint density at radius 1 is 0.815 bits per heavy atom. The van der Waals surface area contributed by atoms with Crippen molar-refractivity contribution < 1.29 is 13.9 Å². The van der Waals surface area contributed by atoms with Crippen molar-refractivity contribution in [2.45, 2.75) is 13.1 Å². The van der Waals surface area contributed by atoms with Crippen LogP contribution in [-0.4, -0.2) is 17.5 Å². The molecule has 0 bridgehead atoms. The molecule has 0 fully saturated rings. The summed E-state index contributed by atoms with van der Waals surface area (Å²) < 4.78 is 18.9. The fraction of sp³-hybridized carbons (Fsp3) is 0.136. The first-order chi connectivity index (χ1) is 13.2. The summed E-state index contributed by atoms with van der Waals surface area (Å²) in [5, 5.41) is 1.82. The van der Waals surface area contributed by atoms with E-state index in [1.165, 1.54) is 12.1 Å². The van der Waals surface area contributed by atoms with Crippen molar-refractivity contribution in [3.8, 4) is 5.75 Å². The molecule has 27 heavy (non-hydrogen) atoms. The van der Waals surface area contributed by atoms with Gasteiger partial charge in [-0.15, -0.1) is 0 Å². The van der Waals surface area contributed by atoms with Crippen molar-refractivity contribution in [3.05, 3.63) is 102 Å². The van der Waals surface area contributed by atoms with Crippen LogP contribution in [0, 0.1) is 5.82 Å². The maximum atomic E-state index is 13.6. The quantitative estimate of drug-likeness (QED) is 0.616. The number of halogens is 1. The molecular weight excluding hydrogens is 343 g/mol. The molecule has 4 nitrogen and oxygen atoms in total. The standard InChI is InChI=1S/C22H21FN2O2/c23-20-13-7-8-14-21(20)27-17-22(26)24-25(15-18-9-3-1-4-10-18)16-19-11-5-2-6-12-19/h1-14H,15-17H2,(H,24,26). The summed E-state index contributed by atoms with van der Waals surface area (Å²) >= 11 is 0. The monoisotopic (exact) mass is 364 g/mol. The summed E-state index contributed by atoms with van der Waals surface area (Å²) in [4.78, 5) is 12.3. The molecule has 1 amide bonds. The molecular formula is C22H21FN2O2. The average Bonchev–Trinajstić information content (AvgIpc) is 2.69. The SMILES string of the molecule is O=C(COc1ccccc1F)NN(Cc1ccccc1)Cc1ccccc1. The number of ether oxygens (including phenoxy) is 1. The van der Waals surface area contributed by atoms with Crippen LogP contribution in [0.25, 0.3) is 0 Å². The van der Waals surface area contributed by atoms with Crippen molar-refractivity contribution in [3.63, 3.8) is 0 Å². The lowest BCUT2D eigenvalue weighted by Gasteiger charge is -2.23. The van der Waals surface area contributed by atoms with Gasteiger partial charge in [-0.05, 0) is 23.3 Å². The molecule has 138 valence electrons. The largest absolute Gasteiger partial charge is 0.481 e. The topological polar surface area (TPSA) is 41.6 Å². The van der Waals surface area contributed by atoms with Crippen LogP contribution in [0.15, 0.2) is 84.9 Å². The summed E-state index contributed by atoms with van der Waals surface area (Å²) in [5.41, 5.74) is 5.00. The summed E-state index contributed by atoms with van der Waals surface area (Å²) in [6.45, 7) is 0.823. The fourth-order valence-electron chi connectivity index (χ4n) is 2.66. The third-order valence-electron chi connectivity index (χ3n) is 3.91. The predicted molar refractivity (Wildman–Crippen MR) is 102 cm³/mol. The zero-order valence-corrected chi connectivity index (χ0v) is 14.8. The molecule has 0 saturated heterocycles. The lowest BCUT2D eigenvalue weighted by atomic mass is 10.2. The van der Waals surface area contributed by atoms with Gasteiger partial charge in [0.15, 0.2) is 18.2 Å². The van der Waals surface area contributed by atoms with Gasteiger partial charge in [-0.1, -0.05) is 72.8 Å². The minimum Gasteiger partial charge on any atom is -0.481 e. The number of hydrogen-bond donors (Lipinski definition) is 1. The number of hydrogen-bond acceptors (Lipinski definition) is 3. The minimum absolute atomic E-state index is 0.0605. The number of benzene rings is 3. The Balaban J connectivity index is 1.63. The average molecular weight is 364 g/mol. The number of hydrazine groups is 1. The van der Waals surface area contributed by atoms with E-state index in [2.05, 4.69) is 5.43 Å². The minimum atomic E-state index is -0.490. The van der Waals surface area contributed by atoms with Gasteiger partial charge in [0.1, 0.15) is 0 Å². The van der Waals surface area contributed by atoms with Crippen LogP contribution in [0.4, 0.5) is 4.39 Å². The fourth-order valence-corrected chi connectivity index (χ4v) is 2.66. The zero-order valence-electron chi connectivity index (χ0n) is 14.8. The molecule has 0 radical (unpaired) electrons. The lowest BCUT2D eigenvalue weighted by molar-refractivity contribution is -0.128. The molecule has 0 aliphatic rings. The Labute approximate surface area is 158 Å². The van der Waals surface area contributed by atoms with E-state index in [4.69, 9.17) is 4.74 Å². The number of nitrogens with one attached hydrogen (secondary N) is 1. The normalized spacial score (nSPS) is 10.6. The highest BCUT2D eigenvalue weighted by molar-refractivity contribution is 5.77. The van der Waals surface area contributed by atoms with Crippen LogP contribution in [-0.2, 0) is 17.9 Å². The number of amides is 1. The van der Waals surface area contributed by atoms with E-state index in [-0.39, 0.29) is 18.3 Å². The highest BCUT2D eigenvalue weighted by Crippen LogP contribution is 2.15. The van der Waals surface area contributed by atoms with Crippen molar-refractivity contribution >= 4 is 5.91 Å². The number of carbonyl (C=O) groups excluding carboxylic acids is 1. The van der Waals surface area contributed by atoms with Crippen LogP contribution in [0.5, 0.6) is 5.75 Å². The van der Waals surface area contributed by atoms with E-state index in [0.717, 1.165) is 11.1 Å². The third-order valence-corrected chi connectivity index (χ3v) is 3.91. The Bertz CT molecular complexity index is 815. The summed E-state index contributed by atoms with van der Waals surface area (Å²) in [6.07, 6.45) is 0. The molecule has 3 rings (SSSR count). The predicted octanol–water partition coefficient (Wildman–Crippen LogP) is 3.94. The summed E-state index contributed by atoms with van der Waals surface area (Å²) in [7, 11) is 0. The van der Waals surface area contributed by atoms with Gasteiger partial charge in [-0.2, -0.15) is 0 Å². The number of carbonyl (C=O) groups is 1. The molecule has 0 aliphatic carbocycles. The highest BCUT2D eigenvalue weighted by atomic mass is 19.1. The van der Waals surface area contributed by atoms with Crippen LogP contribution in [0.3, 0.4) is 0 Å². The van der Waals surface area contributed by atoms with Crippen LogP contribution in [0.1, 0.15) is 11.1 Å². The summed E-state index contributed by atoms with van der Waals surface area (Å²) in [5.74, 6) is -0.772. The Hall–Kier alpha value is -3.18. The van der Waals surface area contributed by atoms with E-state index in [9.17, 15) is 9.18 Å². The van der Waals surface area contributed by atoms with Crippen molar-refractivity contribution in [2.24, 2.45) is 0 Å². The van der Waals surface area contributed by atoms with Gasteiger partial charge in [-0.25, -0.2) is 9.40 Å². The second-order valence-electron chi connectivity index (χ2n) is 6.08. The van der Waals surface area contributed by atoms with Crippen LogP contribution < -0.4 is 10.2 Å². The molecule has 1 N–H and O–H groups in total. The van der Waals surface area contributed by atoms with Crippen molar-refractivity contribution in [1.82, 2.24) is 10.4 Å². The molecule has 0 saturated carbocycles. The van der Waals surface area contributed by atoms with E-state index < -0.39 is 5.82 Å². The van der Waals surface area contributed by atoms with E-state index >= 15 is 0 Å². The first-order valence-corrected chi connectivity index (χ1v) is 8.70. The molecule has 5 heteroatoms. The molecule has 0 unspecified atom stereocenters. The van der Waals surface area contributed by atoms with E-state index in [0.29, 0.717) is 13.1 Å². The Kier molecular flexibility index (Phi) is 6.55. The second-order valence-corrected chi connectivity index (χ2v) is 6.08. The third kappa shape index (κ3) is 5.94. The van der Waals surface area contributed by atoms with E-state index in [1.807, 2.05) is 65.7 Å². The van der Waals surface area contributed by atoms with Gasteiger partial charge in [0.25, 0.3) is 5.91 Å². The van der Waals surface area contributed by atoms with E-state index in [1.54, 1.807) is 12.1 Å². The highest BCUT2D eigenvalue weighted by Gasteiger charge is 2.12. The zero-order chi connectivity index (χ0) is 18.9. The molecule has 3 aromatic carbocycles. The maximum Gasteiger partial charge on any atom is 0.272 e. The van der Waals surface area contributed by atoms with Crippen molar-refractivity contribution in [1.29, 1.82) is 0 Å². The van der Waals surface area contributed by atoms with Crippen molar-refractivity contribution in [2.75, 3.05) is 6.61 Å². The smallest absolute Gasteiger partial charge is 0.272 e. The first-order valence-electron chi connectivity index (χ1n) is 8.70. The molecule has 0 heterocycles. The first kappa shape index (κ1) is 18.6. The second kappa shape index (κ2) is 9.50. The van der Waals surface area contributed by atoms with Gasteiger partial charge in [0, 0.05) is 13.1 Å². The van der Waals surface area contributed by atoms with Crippen LogP contribution in [0.2, 0.25) is 0 Å². The Morgan fingerprint density at radius 3 is 1.89 bits per heavy atom. The lowest BCUT2D eigenvalue weighted by Crippen LogP contribution is -2.43. The molecule has 3 aromatic rings. The molecule has 0 aromatic heterocycles. The Morgan fingerprint density at radius 2 is 1.33 bits per heavy atom. The van der Waals surface area contributed by atoms with Gasteiger partial charge in [0.2, 0.25) is 0 Å². The number of para-hydroxylation sites is 1. The van der Waals surface area contributed by atoms with Gasteiger partial charge in [0.05, 0.1) is 0 Å². The maximum absolute atomic E-state index is 13.6. The number of nitrogens with zero attached hydrogens (tertiary/aromatic N) is 1. The number of rotatable bonds is 8. The molecule has 0 aliphatic heterocycles. The molecule has 0 atom stereocenters. The van der Waals surface area contributed by atoms with Gasteiger partial charge < -0.3 is 4.74 Å². The van der Waals surface area contributed by atoms with Gasteiger partial charge >= 0.3 is 0 Å². The molecule has 0 spiro atoms. The van der Waals surface area contributed by atoms with Gasteiger partial charge in [-0.3, -0.25) is 10.2 Å². The summed E-state index contributed by atoms with van der Waals surface area (Å²) in [6, 6.07) is 25.8. The van der Waals surface area contributed by atoms with Crippen LogP contribution >= 0.6 is 0 Å².